The lowest BCUT2D eigenvalue weighted by molar-refractivity contribution is -0.152. The highest BCUT2D eigenvalue weighted by Crippen LogP contribution is 2.27. The van der Waals surface area contributed by atoms with E-state index < -0.39 is 27.7 Å². The van der Waals surface area contributed by atoms with Crippen molar-refractivity contribution >= 4 is 16.1 Å². The molecular weight excluding hydrogens is 377 g/mol. The fourth-order valence-electron chi connectivity index (χ4n) is 2.06. The third kappa shape index (κ3) is 6.83. The summed E-state index contributed by atoms with van der Waals surface area (Å²) in [5.41, 5.74) is -4.75. The van der Waals surface area contributed by atoms with E-state index in [1.807, 2.05) is 6.92 Å². The molecule has 0 N–H and O–H groups in total. The molecule has 1 rings (SSSR count). The number of alkyl halides is 3. The number of aryl methyl sites for hydroxylation is 1. The van der Waals surface area contributed by atoms with E-state index in [0.29, 0.717) is 18.8 Å². The molecule has 10 heteroatoms. The average molecular weight is 398 g/mol. The van der Waals surface area contributed by atoms with Crippen molar-refractivity contribution in [3.05, 3.63) is 29.8 Å². The van der Waals surface area contributed by atoms with Crippen molar-refractivity contribution in [2.75, 3.05) is 13.2 Å². The van der Waals surface area contributed by atoms with Crippen LogP contribution in [0.3, 0.4) is 0 Å². The van der Waals surface area contributed by atoms with Crippen molar-refractivity contribution in [2.45, 2.75) is 44.7 Å². The van der Waals surface area contributed by atoms with Gasteiger partial charge in [-0.25, -0.2) is 8.98 Å². The Morgan fingerprint density at radius 3 is 2.23 bits per heavy atom. The first-order valence-corrected chi connectivity index (χ1v) is 9.39. The zero-order chi connectivity index (χ0) is 19.8. The molecule has 0 fully saturated rings. The van der Waals surface area contributed by atoms with Crippen LogP contribution >= 0.6 is 0 Å². The Labute approximate surface area is 150 Å². The first kappa shape index (κ1) is 22.2. The molecule has 0 saturated carbocycles. The predicted octanol–water partition coefficient (Wildman–Crippen LogP) is 3.21. The summed E-state index contributed by atoms with van der Waals surface area (Å²) in [6.45, 7) is 3.71. The monoisotopic (exact) mass is 398 g/mol. The quantitative estimate of drug-likeness (QED) is 0.342. The summed E-state index contributed by atoms with van der Waals surface area (Å²) in [5, 5.41) is 0. The van der Waals surface area contributed by atoms with Gasteiger partial charge in [-0.05, 0) is 50.8 Å². The van der Waals surface area contributed by atoms with Gasteiger partial charge in [-0.1, -0.05) is 12.1 Å². The Morgan fingerprint density at radius 2 is 1.73 bits per heavy atom. The van der Waals surface area contributed by atoms with E-state index in [1.54, 1.807) is 24.3 Å². The van der Waals surface area contributed by atoms with Crippen LogP contribution in [0.25, 0.3) is 0 Å². The van der Waals surface area contributed by atoms with Crippen LogP contribution in [0.2, 0.25) is 0 Å². The maximum absolute atomic E-state index is 12.5. The first-order chi connectivity index (χ1) is 12.1. The smallest absolute Gasteiger partial charge is 0.494 e. The van der Waals surface area contributed by atoms with Crippen molar-refractivity contribution < 1.29 is 40.0 Å². The highest BCUT2D eigenvalue weighted by molar-refractivity contribution is 7.87. The van der Waals surface area contributed by atoms with Gasteiger partial charge in [0.15, 0.2) is 6.10 Å². The predicted molar refractivity (Wildman–Crippen MR) is 87.0 cm³/mol. The number of hydrogen-bond donors (Lipinski definition) is 0. The Hall–Kier alpha value is -1.81. The van der Waals surface area contributed by atoms with Crippen LogP contribution in [0.1, 0.15) is 32.3 Å². The van der Waals surface area contributed by atoms with Crippen LogP contribution in [0.4, 0.5) is 13.2 Å². The lowest BCUT2D eigenvalue weighted by Crippen LogP contribution is -2.35. The topological polar surface area (TPSA) is 78.9 Å². The number of ether oxygens (including phenoxy) is 2. The molecule has 6 nitrogen and oxygen atoms in total. The summed E-state index contributed by atoms with van der Waals surface area (Å²) >= 11 is 0. The summed E-state index contributed by atoms with van der Waals surface area (Å²) in [6.07, 6.45) is -1.44. The fourth-order valence-corrected chi connectivity index (χ4v) is 2.65. The van der Waals surface area contributed by atoms with E-state index in [9.17, 15) is 26.4 Å². The van der Waals surface area contributed by atoms with Crippen molar-refractivity contribution in [1.29, 1.82) is 0 Å². The minimum Gasteiger partial charge on any atom is -0.494 e. The maximum Gasteiger partial charge on any atom is 0.523 e. The Morgan fingerprint density at radius 1 is 1.12 bits per heavy atom. The second-order valence-corrected chi connectivity index (χ2v) is 6.77. The molecule has 0 amide bonds. The molecule has 0 bridgehead atoms. The normalized spacial score (nSPS) is 13.3. The molecule has 0 aliphatic heterocycles. The number of carbonyl (C=O) groups excluding carboxylic acids is 1. The fraction of sp³-hybridized carbons (Fsp3) is 0.562. The van der Waals surface area contributed by atoms with Gasteiger partial charge in [-0.3, -0.25) is 0 Å². The number of rotatable bonds is 10. The molecule has 1 unspecified atom stereocenters. The molecule has 1 atom stereocenters. The summed E-state index contributed by atoms with van der Waals surface area (Å²) in [7, 11) is -5.88. The van der Waals surface area contributed by atoms with Crippen molar-refractivity contribution in [1.82, 2.24) is 0 Å². The molecule has 1 aromatic rings. The lowest BCUT2D eigenvalue weighted by atomic mass is 10.1. The molecule has 148 valence electrons. The van der Waals surface area contributed by atoms with Gasteiger partial charge in [0, 0.05) is 0 Å². The molecule has 0 aliphatic rings. The van der Waals surface area contributed by atoms with Crippen molar-refractivity contribution in [2.24, 2.45) is 0 Å². The molecule has 0 radical (unpaired) electrons. The number of esters is 1. The molecular formula is C16H21F3O6S. The molecule has 0 spiro atoms. The van der Waals surface area contributed by atoms with Gasteiger partial charge < -0.3 is 9.47 Å². The second kappa shape index (κ2) is 9.77. The third-order valence-electron chi connectivity index (χ3n) is 3.24. The van der Waals surface area contributed by atoms with Gasteiger partial charge >= 0.3 is 21.6 Å². The van der Waals surface area contributed by atoms with Gasteiger partial charge in [0.1, 0.15) is 5.75 Å². The van der Waals surface area contributed by atoms with Gasteiger partial charge in [-0.15, -0.1) is 0 Å². The van der Waals surface area contributed by atoms with E-state index >= 15 is 0 Å². The van der Waals surface area contributed by atoms with Crippen molar-refractivity contribution in [3.63, 3.8) is 0 Å². The molecule has 0 heterocycles. The highest BCUT2D eigenvalue weighted by Gasteiger charge is 2.49. The largest absolute Gasteiger partial charge is 0.523 e. The zero-order valence-corrected chi connectivity index (χ0v) is 15.2. The van der Waals surface area contributed by atoms with Gasteiger partial charge in [-0.2, -0.15) is 21.6 Å². The van der Waals surface area contributed by atoms with Crippen LogP contribution in [-0.4, -0.2) is 39.2 Å². The van der Waals surface area contributed by atoms with E-state index in [4.69, 9.17) is 4.74 Å². The summed E-state index contributed by atoms with van der Waals surface area (Å²) in [6, 6.07) is 7.04. The Balaban J connectivity index is 2.70. The minimum absolute atomic E-state index is 0.107. The van der Waals surface area contributed by atoms with Gasteiger partial charge in [0.05, 0.1) is 13.2 Å². The third-order valence-corrected chi connectivity index (χ3v) is 4.29. The maximum atomic E-state index is 12.5. The Bertz CT molecular complexity index is 670. The highest BCUT2D eigenvalue weighted by atomic mass is 32.2. The standard InChI is InChI=1S/C16H21F3O6S/c1-3-23-13-10-8-12(9-11-13)6-5-7-14(15(20)24-4-2)25-26(21,22)16(17,18)19/h8-11,14H,3-7H2,1-2H3. The molecule has 1 aromatic carbocycles. The minimum atomic E-state index is -5.88. The van der Waals surface area contributed by atoms with E-state index in [2.05, 4.69) is 8.92 Å². The van der Waals surface area contributed by atoms with E-state index in [-0.39, 0.29) is 19.4 Å². The molecule has 0 saturated heterocycles. The molecule has 0 aliphatic carbocycles. The SMILES string of the molecule is CCOC(=O)C(CCCc1ccc(OCC)cc1)OS(=O)(=O)C(F)(F)F. The lowest BCUT2D eigenvalue weighted by Gasteiger charge is -2.17. The second-order valence-electron chi connectivity index (χ2n) is 5.21. The molecule has 26 heavy (non-hydrogen) atoms. The number of carbonyl (C=O) groups is 1. The first-order valence-electron chi connectivity index (χ1n) is 7.98. The summed E-state index contributed by atoms with van der Waals surface area (Å²) < 4.78 is 73.6. The zero-order valence-electron chi connectivity index (χ0n) is 14.4. The van der Waals surface area contributed by atoms with E-state index in [0.717, 1.165) is 5.56 Å². The van der Waals surface area contributed by atoms with Crippen LogP contribution in [0, 0.1) is 0 Å². The number of benzene rings is 1. The summed E-state index contributed by atoms with van der Waals surface area (Å²) in [4.78, 5) is 11.7. The van der Waals surface area contributed by atoms with Gasteiger partial charge in [0.2, 0.25) is 0 Å². The van der Waals surface area contributed by atoms with Crippen LogP contribution in [0.15, 0.2) is 24.3 Å². The average Bonchev–Trinajstić information content (AvgIpc) is 2.55. The number of hydrogen-bond acceptors (Lipinski definition) is 6. The van der Waals surface area contributed by atoms with Crippen LogP contribution < -0.4 is 4.74 Å². The molecule has 0 aromatic heterocycles. The Kier molecular flexibility index (Phi) is 8.35. The van der Waals surface area contributed by atoms with Crippen molar-refractivity contribution in [3.8, 4) is 5.75 Å². The number of halogens is 3. The van der Waals surface area contributed by atoms with Gasteiger partial charge in [0.25, 0.3) is 0 Å². The van der Waals surface area contributed by atoms with E-state index in [1.165, 1.54) is 6.92 Å². The van der Waals surface area contributed by atoms with Crippen LogP contribution in [0.5, 0.6) is 5.75 Å². The summed E-state index contributed by atoms with van der Waals surface area (Å²) in [5.74, 6) is -0.465. The van der Waals surface area contributed by atoms with Crippen LogP contribution in [-0.2, 0) is 30.3 Å².